The third-order valence-corrected chi connectivity index (χ3v) is 7.74. The number of amides is 2. The molecule has 1 aliphatic carbocycles. The number of likely N-dealkylation sites (tertiary alicyclic amines) is 1. The van der Waals surface area contributed by atoms with Crippen molar-refractivity contribution in [1.29, 1.82) is 0 Å². The van der Waals surface area contributed by atoms with E-state index in [1.807, 2.05) is 44.5 Å². The number of piperidine rings is 1. The molecule has 0 bridgehead atoms. The van der Waals surface area contributed by atoms with Gasteiger partial charge in [-0.1, -0.05) is 42.0 Å². The molecule has 0 radical (unpaired) electrons. The molecular weight excluding hydrogens is 554 g/mol. The molecule has 10 heteroatoms. The van der Waals surface area contributed by atoms with Crippen molar-refractivity contribution >= 4 is 29.2 Å². The molecule has 4 rings (SSSR count). The number of ether oxygens (including phenoxy) is 2. The molecule has 1 aliphatic heterocycles. The molecule has 2 unspecified atom stereocenters. The molecule has 2 atom stereocenters. The van der Waals surface area contributed by atoms with Gasteiger partial charge < -0.3 is 30.0 Å². The molecular formula is C32H44ClN5O4. The highest BCUT2D eigenvalue weighted by atomic mass is 35.5. The zero-order valence-electron chi connectivity index (χ0n) is 25.3. The number of allylic oxidation sites excluding steroid dienone is 3. The summed E-state index contributed by atoms with van der Waals surface area (Å²) in [4.78, 5) is 31.3. The summed E-state index contributed by atoms with van der Waals surface area (Å²) in [5.41, 5.74) is 9.75. The normalized spacial score (nSPS) is 18.1. The first-order valence-electron chi connectivity index (χ1n) is 14.3. The number of hydrogen-bond acceptors (Lipinski definition) is 6. The van der Waals surface area contributed by atoms with E-state index in [2.05, 4.69) is 29.0 Å². The van der Waals surface area contributed by atoms with Crippen LogP contribution in [0.5, 0.6) is 0 Å². The number of hydrogen-bond donors (Lipinski definition) is 2. The Morgan fingerprint density at radius 3 is 2.55 bits per heavy atom. The predicted octanol–water partition coefficient (Wildman–Crippen LogP) is 5.74. The van der Waals surface area contributed by atoms with Crippen LogP contribution in [0.1, 0.15) is 68.8 Å². The number of nitrogens with zero attached hydrogens (tertiary/aromatic N) is 3. The number of carbonyl (C=O) groups is 2. The monoisotopic (exact) mass is 597 g/mol. The quantitative estimate of drug-likeness (QED) is 0.421. The average molecular weight is 598 g/mol. The highest BCUT2D eigenvalue weighted by Gasteiger charge is 2.35. The van der Waals surface area contributed by atoms with E-state index in [0.29, 0.717) is 24.0 Å². The van der Waals surface area contributed by atoms with Crippen molar-refractivity contribution in [2.24, 2.45) is 18.7 Å². The van der Waals surface area contributed by atoms with Gasteiger partial charge in [0.1, 0.15) is 6.61 Å². The number of nitrogens with two attached hydrogens (primary N) is 1. The van der Waals surface area contributed by atoms with Gasteiger partial charge in [0.2, 0.25) is 5.91 Å². The summed E-state index contributed by atoms with van der Waals surface area (Å²) in [5, 5.41) is 3.76. The fourth-order valence-corrected chi connectivity index (χ4v) is 5.73. The van der Waals surface area contributed by atoms with Gasteiger partial charge >= 0.3 is 6.09 Å². The summed E-state index contributed by atoms with van der Waals surface area (Å²) in [7, 11) is 3.41. The van der Waals surface area contributed by atoms with Gasteiger partial charge in [-0.3, -0.25) is 4.79 Å². The number of aromatic nitrogens is 2. The van der Waals surface area contributed by atoms with Gasteiger partial charge in [-0.15, -0.1) is 0 Å². The Morgan fingerprint density at radius 1 is 1.29 bits per heavy atom. The zero-order valence-corrected chi connectivity index (χ0v) is 26.1. The predicted molar refractivity (Wildman–Crippen MR) is 167 cm³/mol. The van der Waals surface area contributed by atoms with Crippen LogP contribution in [0.25, 0.3) is 5.57 Å². The Bertz CT molecular complexity index is 1290. The lowest BCUT2D eigenvalue weighted by atomic mass is 9.76. The van der Waals surface area contributed by atoms with Crippen molar-refractivity contribution in [2.75, 3.05) is 26.8 Å². The Hall–Kier alpha value is -3.56. The van der Waals surface area contributed by atoms with Gasteiger partial charge in [0.15, 0.2) is 0 Å². The van der Waals surface area contributed by atoms with E-state index < -0.39 is 6.04 Å². The molecule has 42 heavy (non-hydrogen) atoms. The maximum atomic E-state index is 12.7. The first-order valence-corrected chi connectivity index (χ1v) is 14.7. The second-order valence-corrected chi connectivity index (χ2v) is 11.4. The van der Waals surface area contributed by atoms with Crippen LogP contribution in [0, 0.1) is 5.92 Å². The second kappa shape index (κ2) is 15.6. The fraction of sp³-hybridized carbons (Fsp3) is 0.469. The molecule has 1 aromatic carbocycles. The maximum Gasteiger partial charge on any atom is 0.410 e. The number of fused-ring (bicyclic) bond motifs is 1. The van der Waals surface area contributed by atoms with E-state index in [1.54, 1.807) is 23.5 Å². The van der Waals surface area contributed by atoms with Crippen LogP contribution >= 0.6 is 11.6 Å². The molecule has 2 aliphatic rings. The summed E-state index contributed by atoms with van der Waals surface area (Å²) in [6.07, 6.45) is 11.0. The third kappa shape index (κ3) is 8.49. The SMILES string of the molecule is C/C=C\N.C=C1C=C(C(NC(=O)COC)c2cncn2C)c2cc(Cl)ccc2C(C2CCN(C(=O)OC(C)C)CC2)C1. The lowest BCUT2D eigenvalue weighted by Gasteiger charge is -2.36. The van der Waals surface area contributed by atoms with Crippen LogP contribution in [-0.4, -0.2) is 59.4 Å². The lowest BCUT2D eigenvalue weighted by molar-refractivity contribution is -0.125. The standard InChI is InChI=1S/C29H37ClN4O4.C3H7N/c1-18(2)38-29(36)34-10-8-20(9-11-34)23-12-19(3)13-25(24-14-21(30)6-7-22(23)24)28(32-27(35)16-37-5)26-15-31-17-33(26)4;1-2-3-4/h6-7,13-15,17-18,20,23,28H,3,8-12,16H2,1-2,4-5H3,(H,32,35);2-3H,4H2,1H3/b;3-2-. The minimum atomic E-state index is -0.467. The molecule has 2 amide bonds. The van der Waals surface area contributed by atoms with Crippen molar-refractivity contribution in [3.05, 3.63) is 83.1 Å². The van der Waals surface area contributed by atoms with E-state index in [-0.39, 0.29) is 30.6 Å². The van der Waals surface area contributed by atoms with Crippen LogP contribution in [0.2, 0.25) is 5.02 Å². The van der Waals surface area contributed by atoms with Crippen molar-refractivity contribution < 1.29 is 19.1 Å². The first kappa shape index (κ1) is 32.9. The number of methoxy groups -OCH3 is 1. The highest BCUT2D eigenvalue weighted by molar-refractivity contribution is 6.30. The first-order chi connectivity index (χ1) is 20.1. The number of benzene rings is 1. The second-order valence-electron chi connectivity index (χ2n) is 10.9. The fourth-order valence-electron chi connectivity index (χ4n) is 5.56. The zero-order chi connectivity index (χ0) is 30.8. The summed E-state index contributed by atoms with van der Waals surface area (Å²) in [6.45, 7) is 11.3. The summed E-state index contributed by atoms with van der Waals surface area (Å²) in [6, 6.07) is 5.54. The van der Waals surface area contributed by atoms with E-state index >= 15 is 0 Å². The number of imidazole rings is 1. The molecule has 3 N–H and O–H groups in total. The van der Waals surface area contributed by atoms with E-state index in [4.69, 9.17) is 26.8 Å². The Kier molecular flexibility index (Phi) is 12.2. The van der Waals surface area contributed by atoms with Crippen molar-refractivity contribution in [3.63, 3.8) is 0 Å². The minimum absolute atomic E-state index is 0.0502. The molecule has 1 aromatic heterocycles. The van der Waals surface area contributed by atoms with E-state index in [0.717, 1.165) is 41.7 Å². The molecule has 1 saturated heterocycles. The number of halogens is 1. The largest absolute Gasteiger partial charge is 0.447 e. The minimum Gasteiger partial charge on any atom is -0.447 e. The van der Waals surface area contributed by atoms with Crippen LogP contribution < -0.4 is 11.1 Å². The van der Waals surface area contributed by atoms with Gasteiger partial charge in [0, 0.05) is 32.3 Å². The Morgan fingerprint density at radius 2 is 1.98 bits per heavy atom. The average Bonchev–Trinajstić information content (AvgIpc) is 3.33. The number of rotatable bonds is 7. The molecule has 2 aromatic rings. The Labute approximate surface area is 254 Å². The summed E-state index contributed by atoms with van der Waals surface area (Å²) < 4.78 is 12.4. The van der Waals surface area contributed by atoms with Gasteiger partial charge in [0.25, 0.3) is 0 Å². The van der Waals surface area contributed by atoms with Crippen molar-refractivity contribution in [1.82, 2.24) is 19.8 Å². The van der Waals surface area contributed by atoms with Crippen molar-refractivity contribution in [3.8, 4) is 0 Å². The molecule has 9 nitrogen and oxygen atoms in total. The smallest absolute Gasteiger partial charge is 0.410 e. The molecule has 1 fully saturated rings. The maximum absolute atomic E-state index is 12.7. The molecule has 0 saturated carbocycles. The Balaban J connectivity index is 0.00000114. The summed E-state index contributed by atoms with van der Waals surface area (Å²) in [5.74, 6) is 0.338. The van der Waals surface area contributed by atoms with Gasteiger partial charge in [-0.2, -0.15) is 0 Å². The summed E-state index contributed by atoms with van der Waals surface area (Å²) >= 11 is 6.54. The van der Waals surface area contributed by atoms with Crippen LogP contribution in [0.15, 0.2) is 61.2 Å². The topological polar surface area (TPSA) is 112 Å². The van der Waals surface area contributed by atoms with Crippen LogP contribution in [0.3, 0.4) is 0 Å². The van der Waals surface area contributed by atoms with Gasteiger partial charge in [-0.25, -0.2) is 9.78 Å². The van der Waals surface area contributed by atoms with Gasteiger partial charge in [0.05, 0.1) is 30.4 Å². The number of carbonyl (C=O) groups excluding carboxylic acids is 2. The van der Waals surface area contributed by atoms with E-state index in [1.165, 1.54) is 18.9 Å². The third-order valence-electron chi connectivity index (χ3n) is 7.50. The lowest BCUT2D eigenvalue weighted by Crippen LogP contribution is -2.41. The number of aryl methyl sites for hydroxylation is 1. The molecule has 228 valence electrons. The number of nitrogens with one attached hydrogen (secondary N) is 1. The van der Waals surface area contributed by atoms with Crippen molar-refractivity contribution in [2.45, 2.75) is 58.1 Å². The molecule has 0 spiro atoms. The van der Waals surface area contributed by atoms with Crippen LogP contribution in [0.4, 0.5) is 4.79 Å². The highest BCUT2D eigenvalue weighted by Crippen LogP contribution is 2.46. The van der Waals surface area contributed by atoms with Crippen LogP contribution in [-0.2, 0) is 21.3 Å². The molecule has 2 heterocycles. The van der Waals surface area contributed by atoms with E-state index in [9.17, 15) is 9.59 Å². The van der Waals surface area contributed by atoms with Gasteiger partial charge in [-0.05, 0) is 86.9 Å².